The Bertz CT molecular complexity index is 798. The average Bonchev–Trinajstić information content (AvgIpc) is 2.60. The Kier molecular flexibility index (Phi) is 4.31. The number of non-ortho nitro benzene ring substituents is 1. The lowest BCUT2D eigenvalue weighted by molar-refractivity contribution is -0.384. The number of nitrogens with one attached hydrogen (secondary N) is 1. The van der Waals surface area contributed by atoms with Crippen LogP contribution in [0.15, 0.2) is 30.0 Å². The van der Waals surface area contributed by atoms with Crippen LogP contribution in [-0.4, -0.2) is 35.5 Å². The minimum atomic E-state index is -0.668. The van der Waals surface area contributed by atoms with E-state index in [2.05, 4.69) is 11.4 Å². The molecule has 2 heterocycles. The molecule has 8 heteroatoms. The number of nitriles is 1. The maximum absolute atomic E-state index is 12.4. The number of nitrogens with zero attached hydrogens (tertiary/aromatic N) is 3. The Morgan fingerprint density at radius 3 is 2.96 bits per heavy atom. The molecule has 0 saturated carbocycles. The van der Waals surface area contributed by atoms with Crippen molar-refractivity contribution in [2.45, 2.75) is 25.4 Å². The minimum absolute atomic E-state index is 0.0426. The van der Waals surface area contributed by atoms with Gasteiger partial charge in [-0.25, -0.2) is 4.79 Å². The van der Waals surface area contributed by atoms with E-state index in [1.807, 2.05) is 11.9 Å². The molecule has 0 unspecified atom stereocenters. The van der Waals surface area contributed by atoms with Crippen LogP contribution in [0.25, 0.3) is 0 Å². The van der Waals surface area contributed by atoms with Crippen LogP contribution in [0.5, 0.6) is 0 Å². The lowest BCUT2D eigenvalue weighted by Crippen LogP contribution is -2.49. The van der Waals surface area contributed by atoms with Gasteiger partial charge < -0.3 is 15.0 Å². The number of hydrogen-bond donors (Lipinski definition) is 1. The van der Waals surface area contributed by atoms with E-state index in [1.54, 1.807) is 19.2 Å². The molecule has 0 bridgehead atoms. The smallest absolute Gasteiger partial charge is 0.328 e. The number of benzene rings is 1. The molecule has 25 heavy (non-hydrogen) atoms. The van der Waals surface area contributed by atoms with E-state index < -0.39 is 16.9 Å². The summed E-state index contributed by atoms with van der Waals surface area (Å²) < 4.78 is 5.17. The van der Waals surface area contributed by atoms with E-state index in [0.717, 1.165) is 5.56 Å². The fraction of sp³-hybridized carbons (Fsp3) is 0.412. The predicted octanol–water partition coefficient (Wildman–Crippen LogP) is 2.35. The molecule has 0 saturated heterocycles. The van der Waals surface area contributed by atoms with E-state index >= 15 is 0 Å². The molecule has 2 aliphatic rings. The SMILES string of the molecule is CCOC(=O)[C@@H]1Nc2cc([N+](=O)[O-])ccc2[C@@H]2[C@H]1CC(C#N)=CN2C. The van der Waals surface area contributed by atoms with Crippen LogP contribution in [0.3, 0.4) is 0 Å². The van der Waals surface area contributed by atoms with Crippen molar-refractivity contribution in [2.75, 3.05) is 19.0 Å². The fourth-order valence-corrected chi connectivity index (χ4v) is 3.65. The molecule has 8 nitrogen and oxygen atoms in total. The van der Waals surface area contributed by atoms with Gasteiger partial charge >= 0.3 is 5.97 Å². The number of nitro groups is 1. The molecule has 3 rings (SSSR count). The van der Waals surface area contributed by atoms with Crippen molar-refractivity contribution < 1.29 is 14.5 Å². The van der Waals surface area contributed by atoms with Crippen LogP contribution >= 0.6 is 0 Å². The highest BCUT2D eigenvalue weighted by Crippen LogP contribution is 2.46. The summed E-state index contributed by atoms with van der Waals surface area (Å²) in [6, 6.07) is 5.93. The fourth-order valence-electron chi connectivity index (χ4n) is 3.65. The Morgan fingerprint density at radius 1 is 1.56 bits per heavy atom. The summed E-state index contributed by atoms with van der Waals surface area (Å²) in [5, 5.41) is 23.4. The Balaban J connectivity index is 2.09. The average molecular weight is 342 g/mol. The highest BCUT2D eigenvalue weighted by molar-refractivity contribution is 5.82. The van der Waals surface area contributed by atoms with Gasteiger partial charge in [0.2, 0.25) is 0 Å². The molecule has 0 aliphatic carbocycles. The largest absolute Gasteiger partial charge is 0.464 e. The maximum Gasteiger partial charge on any atom is 0.328 e. The van der Waals surface area contributed by atoms with Crippen molar-refractivity contribution >= 4 is 17.3 Å². The number of nitro benzene ring substituents is 1. The maximum atomic E-state index is 12.4. The summed E-state index contributed by atoms with van der Waals surface area (Å²) in [6.07, 6.45) is 2.21. The Morgan fingerprint density at radius 2 is 2.32 bits per heavy atom. The number of allylic oxidation sites excluding steroid dienone is 1. The zero-order chi connectivity index (χ0) is 18.1. The highest BCUT2D eigenvalue weighted by atomic mass is 16.6. The molecule has 0 fully saturated rings. The number of carbonyl (C=O) groups is 1. The third kappa shape index (κ3) is 2.89. The van der Waals surface area contributed by atoms with Crippen LogP contribution in [0.2, 0.25) is 0 Å². The van der Waals surface area contributed by atoms with Gasteiger partial charge in [0.15, 0.2) is 0 Å². The van der Waals surface area contributed by atoms with Gasteiger partial charge in [0.05, 0.1) is 23.6 Å². The third-order valence-electron chi connectivity index (χ3n) is 4.65. The topological polar surface area (TPSA) is 108 Å². The van der Waals surface area contributed by atoms with Crippen molar-refractivity contribution in [3.8, 4) is 6.07 Å². The standard InChI is InChI=1S/C17H18N4O4/c1-3-25-17(22)15-13-6-10(8-18)9-20(2)16(13)12-5-4-11(21(23)24)7-14(12)19-15/h4-5,7,9,13,15-16,19H,3,6H2,1-2H3/t13-,15+,16+/m0/s1. The quantitative estimate of drug-likeness (QED) is 0.510. The molecule has 3 atom stereocenters. The number of ether oxygens (including phenoxy) is 1. The van der Waals surface area contributed by atoms with Gasteiger partial charge in [-0.1, -0.05) is 0 Å². The lowest BCUT2D eigenvalue weighted by Gasteiger charge is -2.45. The van der Waals surface area contributed by atoms with E-state index in [1.165, 1.54) is 12.1 Å². The normalized spacial score (nSPS) is 24.1. The van der Waals surface area contributed by atoms with Crippen LogP contribution < -0.4 is 5.32 Å². The first-order valence-corrected chi connectivity index (χ1v) is 8.00. The molecule has 1 N–H and O–H groups in total. The van der Waals surface area contributed by atoms with Crippen LogP contribution in [0.1, 0.15) is 24.9 Å². The van der Waals surface area contributed by atoms with Crippen LogP contribution in [0, 0.1) is 27.4 Å². The molecule has 1 aromatic rings. The van der Waals surface area contributed by atoms with E-state index in [9.17, 15) is 20.2 Å². The van der Waals surface area contributed by atoms with Crippen molar-refractivity contribution in [3.05, 3.63) is 45.6 Å². The van der Waals surface area contributed by atoms with E-state index in [4.69, 9.17) is 4.74 Å². The summed E-state index contributed by atoms with van der Waals surface area (Å²) in [4.78, 5) is 24.9. The molecule has 130 valence electrons. The second-order valence-electron chi connectivity index (χ2n) is 6.15. The number of hydrogen-bond acceptors (Lipinski definition) is 7. The Labute approximate surface area is 144 Å². The first-order valence-electron chi connectivity index (χ1n) is 8.00. The number of esters is 1. The monoisotopic (exact) mass is 342 g/mol. The number of fused-ring (bicyclic) bond motifs is 3. The second kappa shape index (κ2) is 6.43. The van der Waals surface area contributed by atoms with Gasteiger partial charge in [-0.05, 0) is 25.0 Å². The molecule has 2 aliphatic heterocycles. The third-order valence-corrected chi connectivity index (χ3v) is 4.65. The summed E-state index contributed by atoms with van der Waals surface area (Å²) in [5.41, 5.74) is 1.96. The minimum Gasteiger partial charge on any atom is -0.464 e. The van der Waals surface area contributed by atoms with Gasteiger partial charge in [0, 0.05) is 42.6 Å². The van der Waals surface area contributed by atoms with Crippen LogP contribution in [0.4, 0.5) is 11.4 Å². The van der Waals surface area contributed by atoms with Gasteiger partial charge in [0.25, 0.3) is 5.69 Å². The summed E-state index contributed by atoms with van der Waals surface area (Å²) in [5.74, 6) is -0.611. The van der Waals surface area contributed by atoms with Crippen molar-refractivity contribution in [2.24, 2.45) is 5.92 Å². The molecular weight excluding hydrogens is 324 g/mol. The van der Waals surface area contributed by atoms with E-state index in [0.29, 0.717) is 17.7 Å². The number of carbonyl (C=O) groups excluding carboxylic acids is 1. The molecule has 0 spiro atoms. The molecule has 0 aromatic heterocycles. The zero-order valence-corrected chi connectivity index (χ0v) is 13.9. The Hall–Kier alpha value is -3.08. The van der Waals surface area contributed by atoms with Gasteiger partial charge in [-0.3, -0.25) is 10.1 Å². The summed E-state index contributed by atoms with van der Waals surface area (Å²) in [6.45, 7) is 1.97. The summed E-state index contributed by atoms with van der Waals surface area (Å²) in [7, 11) is 1.84. The highest BCUT2D eigenvalue weighted by Gasteiger charge is 2.45. The molecule has 1 aromatic carbocycles. The lowest BCUT2D eigenvalue weighted by atomic mass is 9.76. The number of anilines is 1. The first kappa shape index (κ1) is 16.8. The second-order valence-corrected chi connectivity index (χ2v) is 6.15. The molecule has 0 radical (unpaired) electrons. The van der Waals surface area contributed by atoms with Crippen molar-refractivity contribution in [1.82, 2.24) is 4.90 Å². The van der Waals surface area contributed by atoms with Gasteiger partial charge in [-0.15, -0.1) is 0 Å². The molecule has 0 amide bonds. The van der Waals surface area contributed by atoms with Crippen molar-refractivity contribution in [3.63, 3.8) is 0 Å². The van der Waals surface area contributed by atoms with Crippen molar-refractivity contribution in [1.29, 1.82) is 5.26 Å². The van der Waals surface area contributed by atoms with Gasteiger partial charge in [0.1, 0.15) is 6.04 Å². The predicted molar refractivity (Wildman–Crippen MR) is 89.4 cm³/mol. The number of rotatable bonds is 3. The molecular formula is C17H18N4O4. The summed E-state index contributed by atoms with van der Waals surface area (Å²) >= 11 is 0. The van der Waals surface area contributed by atoms with E-state index in [-0.39, 0.29) is 24.3 Å². The van der Waals surface area contributed by atoms with Crippen LogP contribution in [-0.2, 0) is 9.53 Å². The van der Waals surface area contributed by atoms with Gasteiger partial charge in [-0.2, -0.15) is 5.26 Å². The zero-order valence-electron chi connectivity index (χ0n) is 13.9. The first-order chi connectivity index (χ1) is 12.0.